The summed E-state index contributed by atoms with van der Waals surface area (Å²) in [5.41, 5.74) is 6.06. The van der Waals surface area contributed by atoms with Gasteiger partial charge in [0.15, 0.2) is 0 Å². The number of benzene rings is 1. The largest absolute Gasteiger partial charge is 0.481 e. The van der Waals surface area contributed by atoms with Gasteiger partial charge in [-0.2, -0.15) is 0 Å². The molecular formula is C10H12ClNO4. The van der Waals surface area contributed by atoms with Gasteiger partial charge in [0.1, 0.15) is 6.10 Å². The molecule has 6 heteroatoms. The highest BCUT2D eigenvalue weighted by molar-refractivity contribution is 6.30. The van der Waals surface area contributed by atoms with Crippen molar-refractivity contribution in [3.05, 3.63) is 28.8 Å². The molecular weight excluding hydrogens is 234 g/mol. The van der Waals surface area contributed by atoms with Crippen LogP contribution in [-0.2, 0) is 4.79 Å². The lowest BCUT2D eigenvalue weighted by Gasteiger charge is -2.18. The summed E-state index contributed by atoms with van der Waals surface area (Å²) in [7, 11) is 0. The molecule has 0 spiro atoms. The zero-order chi connectivity index (χ0) is 12.3. The fourth-order valence-corrected chi connectivity index (χ4v) is 1.49. The first-order chi connectivity index (χ1) is 7.41. The van der Waals surface area contributed by atoms with Crippen LogP contribution in [0.4, 0.5) is 5.69 Å². The lowest BCUT2D eigenvalue weighted by atomic mass is 10.0. The molecule has 2 atom stereocenters. The van der Waals surface area contributed by atoms with Crippen molar-refractivity contribution < 1.29 is 20.1 Å². The number of hydrogen-bond acceptors (Lipinski definition) is 4. The van der Waals surface area contributed by atoms with E-state index in [0.29, 0.717) is 5.02 Å². The molecule has 1 aromatic rings. The average Bonchev–Trinajstić information content (AvgIpc) is 2.15. The minimum absolute atomic E-state index is 0.212. The van der Waals surface area contributed by atoms with Gasteiger partial charge in [0.2, 0.25) is 0 Å². The summed E-state index contributed by atoms with van der Waals surface area (Å²) in [5, 5.41) is 28.0. The third-order valence-corrected chi connectivity index (χ3v) is 2.35. The van der Waals surface area contributed by atoms with Gasteiger partial charge >= 0.3 is 5.97 Å². The van der Waals surface area contributed by atoms with Crippen molar-refractivity contribution in [2.75, 3.05) is 5.73 Å². The number of carboxylic acids is 1. The molecule has 0 saturated carbocycles. The molecule has 0 amide bonds. The van der Waals surface area contributed by atoms with E-state index in [1.54, 1.807) is 0 Å². The van der Waals surface area contributed by atoms with Gasteiger partial charge in [-0.15, -0.1) is 0 Å². The molecule has 16 heavy (non-hydrogen) atoms. The van der Waals surface area contributed by atoms with Gasteiger partial charge < -0.3 is 21.1 Å². The molecule has 0 aromatic heterocycles. The van der Waals surface area contributed by atoms with Gasteiger partial charge in [-0.3, -0.25) is 4.79 Å². The van der Waals surface area contributed by atoms with Gasteiger partial charge in [0, 0.05) is 16.3 Å². The molecule has 0 aliphatic rings. The van der Waals surface area contributed by atoms with E-state index >= 15 is 0 Å². The fourth-order valence-electron chi connectivity index (χ4n) is 1.31. The standard InChI is InChI=1S/C10H12ClNO4/c11-5-1-2-6(7(12)3-5)10(16)8(13)4-9(14)15/h1-3,8,10,13,16H,4,12H2,(H,14,15). The molecule has 5 nitrogen and oxygen atoms in total. The van der Waals surface area contributed by atoms with Crippen molar-refractivity contribution in [2.24, 2.45) is 0 Å². The first-order valence-corrected chi connectivity index (χ1v) is 4.92. The van der Waals surface area contributed by atoms with E-state index < -0.39 is 24.6 Å². The number of nitrogens with two attached hydrogens (primary N) is 1. The van der Waals surface area contributed by atoms with Crippen LogP contribution in [0, 0.1) is 0 Å². The Labute approximate surface area is 97.1 Å². The van der Waals surface area contributed by atoms with E-state index in [-0.39, 0.29) is 11.3 Å². The molecule has 1 aromatic carbocycles. The Morgan fingerprint density at radius 3 is 2.56 bits per heavy atom. The van der Waals surface area contributed by atoms with Crippen molar-refractivity contribution in [3.8, 4) is 0 Å². The molecule has 0 aliphatic heterocycles. The molecule has 0 aliphatic carbocycles. The predicted molar refractivity (Wildman–Crippen MR) is 59.1 cm³/mol. The number of carbonyl (C=O) groups is 1. The SMILES string of the molecule is Nc1cc(Cl)ccc1C(O)C(O)CC(=O)O. The monoisotopic (exact) mass is 245 g/mol. The molecule has 0 bridgehead atoms. The molecule has 88 valence electrons. The molecule has 2 unspecified atom stereocenters. The van der Waals surface area contributed by atoms with Crippen LogP contribution < -0.4 is 5.73 Å². The summed E-state index contributed by atoms with van der Waals surface area (Å²) in [6.45, 7) is 0. The minimum Gasteiger partial charge on any atom is -0.481 e. The van der Waals surface area contributed by atoms with E-state index in [4.69, 9.17) is 22.4 Å². The molecule has 5 N–H and O–H groups in total. The lowest BCUT2D eigenvalue weighted by Crippen LogP contribution is -2.22. The van der Waals surface area contributed by atoms with Crippen molar-refractivity contribution in [1.82, 2.24) is 0 Å². The summed E-state index contributed by atoms with van der Waals surface area (Å²) in [4.78, 5) is 10.4. The van der Waals surface area contributed by atoms with Crippen LogP contribution in [0.5, 0.6) is 0 Å². The topological polar surface area (TPSA) is 104 Å². The molecule has 0 heterocycles. The maximum atomic E-state index is 10.4. The Morgan fingerprint density at radius 1 is 1.44 bits per heavy atom. The van der Waals surface area contributed by atoms with Crippen molar-refractivity contribution in [1.29, 1.82) is 0 Å². The quantitative estimate of drug-likeness (QED) is 0.587. The zero-order valence-corrected chi connectivity index (χ0v) is 9.05. The Bertz CT molecular complexity index is 396. The van der Waals surface area contributed by atoms with Crippen LogP contribution in [0.2, 0.25) is 5.02 Å². The number of rotatable bonds is 4. The molecule has 0 saturated heterocycles. The maximum absolute atomic E-state index is 10.4. The van der Waals surface area contributed by atoms with Crippen LogP contribution in [0.3, 0.4) is 0 Å². The van der Waals surface area contributed by atoms with Crippen molar-refractivity contribution >= 4 is 23.3 Å². The summed E-state index contributed by atoms with van der Waals surface area (Å²) in [5.74, 6) is -1.20. The summed E-state index contributed by atoms with van der Waals surface area (Å²) in [6, 6.07) is 4.38. The molecule has 0 fully saturated rings. The first kappa shape index (κ1) is 12.8. The Hall–Kier alpha value is -1.30. The van der Waals surface area contributed by atoms with Crippen LogP contribution in [0.1, 0.15) is 18.1 Å². The fraction of sp³-hybridized carbons (Fsp3) is 0.300. The van der Waals surface area contributed by atoms with Crippen LogP contribution in [0.25, 0.3) is 0 Å². The first-order valence-electron chi connectivity index (χ1n) is 4.54. The van der Waals surface area contributed by atoms with Gasteiger partial charge in [-0.25, -0.2) is 0 Å². The van der Waals surface area contributed by atoms with Crippen molar-refractivity contribution in [2.45, 2.75) is 18.6 Å². The van der Waals surface area contributed by atoms with Crippen molar-refractivity contribution in [3.63, 3.8) is 0 Å². The number of aliphatic hydroxyl groups excluding tert-OH is 2. The van der Waals surface area contributed by atoms with Crippen LogP contribution in [-0.4, -0.2) is 27.4 Å². The highest BCUT2D eigenvalue weighted by Gasteiger charge is 2.22. The average molecular weight is 246 g/mol. The number of nitrogen functional groups attached to an aromatic ring is 1. The summed E-state index contributed by atoms with van der Waals surface area (Å²) >= 11 is 5.67. The Kier molecular flexibility index (Phi) is 4.12. The Balaban J connectivity index is 2.87. The highest BCUT2D eigenvalue weighted by Crippen LogP contribution is 2.27. The van der Waals surface area contributed by atoms with Gasteiger partial charge in [0.25, 0.3) is 0 Å². The number of anilines is 1. The van der Waals surface area contributed by atoms with E-state index in [9.17, 15) is 15.0 Å². The second kappa shape index (κ2) is 5.16. The van der Waals surface area contributed by atoms with Crippen LogP contribution >= 0.6 is 11.6 Å². The number of hydrogen-bond donors (Lipinski definition) is 4. The van der Waals surface area contributed by atoms with Gasteiger partial charge in [-0.05, 0) is 12.1 Å². The lowest BCUT2D eigenvalue weighted by molar-refractivity contribution is -0.141. The van der Waals surface area contributed by atoms with E-state index in [1.165, 1.54) is 18.2 Å². The number of aliphatic carboxylic acids is 1. The minimum atomic E-state index is -1.40. The van der Waals surface area contributed by atoms with Gasteiger partial charge in [-0.1, -0.05) is 17.7 Å². The summed E-state index contributed by atoms with van der Waals surface area (Å²) in [6.07, 6.45) is -3.29. The highest BCUT2D eigenvalue weighted by atomic mass is 35.5. The number of carboxylic acid groups (broad SMARTS) is 1. The smallest absolute Gasteiger partial charge is 0.306 e. The second-order valence-corrected chi connectivity index (χ2v) is 3.82. The van der Waals surface area contributed by atoms with E-state index in [2.05, 4.69) is 0 Å². The molecule has 0 radical (unpaired) electrons. The predicted octanol–water partition coefficient (Wildman–Crippen LogP) is 0.791. The maximum Gasteiger partial charge on any atom is 0.306 e. The Morgan fingerprint density at radius 2 is 2.06 bits per heavy atom. The summed E-state index contributed by atoms with van der Waals surface area (Å²) < 4.78 is 0. The normalized spacial score (nSPS) is 14.4. The number of halogens is 1. The molecule has 1 rings (SSSR count). The second-order valence-electron chi connectivity index (χ2n) is 3.38. The van der Waals surface area contributed by atoms with E-state index in [1.807, 2.05) is 0 Å². The third kappa shape index (κ3) is 3.10. The van der Waals surface area contributed by atoms with Crippen LogP contribution in [0.15, 0.2) is 18.2 Å². The third-order valence-electron chi connectivity index (χ3n) is 2.12. The number of aliphatic hydroxyl groups is 2. The zero-order valence-electron chi connectivity index (χ0n) is 8.30. The van der Waals surface area contributed by atoms with Gasteiger partial charge in [0.05, 0.1) is 12.5 Å². The van der Waals surface area contributed by atoms with E-state index in [0.717, 1.165) is 0 Å².